The van der Waals surface area contributed by atoms with Gasteiger partial charge in [0.25, 0.3) is 0 Å². The molecular weight excluding hydrogens is 592 g/mol. The Morgan fingerprint density at radius 3 is 1.77 bits per heavy atom. The molecule has 0 aliphatic carbocycles. The molecule has 0 spiro atoms. The van der Waals surface area contributed by atoms with E-state index in [4.69, 9.17) is 28.4 Å². The molecule has 0 radical (unpaired) electrons. The number of carbonyl (C=O) groups excluding carboxylic acids is 1. The fraction of sp³-hybridized carbons (Fsp3) is 0.536. The number of Topliss-reactive ketones (excluding diaryl/α,β-unsaturated/α-hetero) is 1. The highest BCUT2D eigenvalue weighted by atomic mass is 16.7. The molecule has 5 rings (SSSR count). The van der Waals surface area contributed by atoms with Gasteiger partial charge in [-0.05, 0) is 17.7 Å². The monoisotopic (exact) mass is 626 g/mol. The molecule has 3 heterocycles. The Hall–Kier alpha value is -3.13. The van der Waals surface area contributed by atoms with Gasteiger partial charge in [0.2, 0.25) is 18.4 Å². The minimum Gasteiger partial charge on any atom is -0.496 e. The number of aliphatic hydroxyl groups excluding tert-OH is 9. The number of fused-ring (bicyclic) bond motifs is 1. The fourth-order valence-electron chi connectivity index (χ4n) is 5.17. The van der Waals surface area contributed by atoms with Gasteiger partial charge in [0, 0.05) is 12.1 Å². The maximum absolute atomic E-state index is 13.4. The van der Waals surface area contributed by atoms with E-state index in [0.29, 0.717) is 5.56 Å². The molecule has 2 saturated heterocycles. The summed E-state index contributed by atoms with van der Waals surface area (Å²) >= 11 is 0. The number of methoxy groups -OCH3 is 1. The molecule has 0 amide bonds. The summed E-state index contributed by atoms with van der Waals surface area (Å²) in [4.78, 5) is 13.4. The number of carbonyl (C=O) groups is 1. The summed E-state index contributed by atoms with van der Waals surface area (Å²) in [6.45, 7) is -1.33. The smallest absolute Gasteiger partial charge is 0.229 e. The largest absolute Gasteiger partial charge is 0.496 e. The molecule has 2 aromatic rings. The van der Waals surface area contributed by atoms with Crippen molar-refractivity contribution in [1.29, 1.82) is 0 Å². The molecule has 0 bridgehead atoms. The van der Waals surface area contributed by atoms with Gasteiger partial charge < -0.3 is 74.4 Å². The van der Waals surface area contributed by atoms with E-state index >= 15 is 0 Å². The van der Waals surface area contributed by atoms with Gasteiger partial charge in [0.05, 0.1) is 20.3 Å². The minimum absolute atomic E-state index is 0.0501. The zero-order chi connectivity index (χ0) is 31.9. The Morgan fingerprint density at radius 2 is 1.25 bits per heavy atom. The molecule has 2 fully saturated rings. The van der Waals surface area contributed by atoms with Crippen molar-refractivity contribution in [1.82, 2.24) is 0 Å². The number of aliphatic hydroxyl groups is 9. The Morgan fingerprint density at radius 1 is 0.705 bits per heavy atom. The first kappa shape index (κ1) is 32.3. The third kappa shape index (κ3) is 5.94. The topological polar surface area (TPSA) is 255 Å². The van der Waals surface area contributed by atoms with Gasteiger partial charge in [-0.2, -0.15) is 0 Å². The normalized spacial score (nSPS) is 37.1. The van der Waals surface area contributed by atoms with Crippen molar-refractivity contribution >= 4 is 5.78 Å². The van der Waals surface area contributed by atoms with E-state index in [1.165, 1.54) is 43.5 Å². The highest BCUT2D eigenvalue weighted by Crippen LogP contribution is 2.43. The molecule has 242 valence electrons. The van der Waals surface area contributed by atoms with Gasteiger partial charge >= 0.3 is 0 Å². The Labute approximate surface area is 249 Å². The third-order valence-electron chi connectivity index (χ3n) is 7.73. The van der Waals surface area contributed by atoms with Crippen molar-refractivity contribution in [2.24, 2.45) is 0 Å². The maximum atomic E-state index is 13.4. The van der Waals surface area contributed by atoms with Crippen LogP contribution in [0.15, 0.2) is 36.4 Å². The van der Waals surface area contributed by atoms with Gasteiger partial charge in [-0.15, -0.1) is 0 Å². The number of rotatable bonds is 8. The second-order valence-corrected chi connectivity index (χ2v) is 10.5. The van der Waals surface area contributed by atoms with Crippen LogP contribution in [0.2, 0.25) is 0 Å². The van der Waals surface area contributed by atoms with Crippen LogP contribution in [0.25, 0.3) is 0 Å². The lowest BCUT2D eigenvalue weighted by Gasteiger charge is -2.40. The average Bonchev–Trinajstić information content (AvgIpc) is 3.03. The second-order valence-electron chi connectivity index (χ2n) is 10.5. The van der Waals surface area contributed by atoms with Gasteiger partial charge in [0.15, 0.2) is 12.2 Å². The van der Waals surface area contributed by atoms with Crippen LogP contribution in [-0.4, -0.2) is 140 Å². The number of ether oxygens (including phenoxy) is 6. The summed E-state index contributed by atoms with van der Waals surface area (Å²) in [7, 11) is 1.34. The van der Waals surface area contributed by atoms with Crippen molar-refractivity contribution < 1.29 is 79.2 Å². The number of hydrogen-bond donors (Lipinski definition) is 9. The third-order valence-corrected chi connectivity index (χ3v) is 7.73. The summed E-state index contributed by atoms with van der Waals surface area (Å²) in [6, 6.07) is 8.44. The summed E-state index contributed by atoms with van der Waals surface area (Å²) in [5.74, 6) is -0.790. The van der Waals surface area contributed by atoms with Gasteiger partial charge in [0.1, 0.15) is 77.4 Å². The van der Waals surface area contributed by atoms with Crippen LogP contribution in [0.1, 0.15) is 22.0 Å². The zero-order valence-electron chi connectivity index (χ0n) is 23.2. The van der Waals surface area contributed by atoms with Gasteiger partial charge in [-0.3, -0.25) is 4.79 Å². The van der Waals surface area contributed by atoms with E-state index in [9.17, 15) is 50.8 Å². The average molecular weight is 627 g/mol. The van der Waals surface area contributed by atoms with Crippen LogP contribution in [-0.2, 0) is 9.47 Å². The van der Waals surface area contributed by atoms with Crippen LogP contribution in [0.3, 0.4) is 0 Å². The van der Waals surface area contributed by atoms with Crippen molar-refractivity contribution in [3.8, 4) is 23.0 Å². The van der Waals surface area contributed by atoms with E-state index in [2.05, 4.69) is 0 Å². The molecule has 12 atom stereocenters. The molecule has 16 heteroatoms. The quantitative estimate of drug-likeness (QED) is 0.139. The standard InChI is InChI=1S/C28H34O16/c1-39-12-6-13-17(14(7-12)42-28-25(38)22(35)19(32)16(9-30)44-28)20(33)23(36)26(41-13)10-2-4-11(5-3-10)40-27-24(37)21(34)18(31)15(8-29)43-27/h2-7,15-16,18-19,21-32,34-38H,8-9H2,1H3/t15-,16+,18-,19+,21+,22-,23-,24-,25+,26+,27-,28+/m0/s1. The molecule has 44 heavy (non-hydrogen) atoms. The van der Waals surface area contributed by atoms with Gasteiger partial charge in [-0.1, -0.05) is 12.1 Å². The van der Waals surface area contributed by atoms with Crippen molar-refractivity contribution in [2.75, 3.05) is 20.3 Å². The molecule has 16 nitrogen and oxygen atoms in total. The predicted octanol–water partition coefficient (Wildman–Crippen LogP) is -3.27. The molecule has 0 unspecified atom stereocenters. The Balaban J connectivity index is 1.36. The van der Waals surface area contributed by atoms with E-state index in [1.807, 2.05) is 0 Å². The lowest BCUT2D eigenvalue weighted by Crippen LogP contribution is -2.60. The first-order chi connectivity index (χ1) is 21.0. The van der Waals surface area contributed by atoms with E-state index in [1.54, 1.807) is 0 Å². The van der Waals surface area contributed by atoms with Crippen molar-refractivity contribution in [2.45, 2.75) is 73.6 Å². The predicted molar refractivity (Wildman–Crippen MR) is 142 cm³/mol. The van der Waals surface area contributed by atoms with Crippen LogP contribution in [0.4, 0.5) is 0 Å². The van der Waals surface area contributed by atoms with Crippen LogP contribution >= 0.6 is 0 Å². The van der Waals surface area contributed by atoms with E-state index < -0.39 is 92.6 Å². The lowest BCUT2D eigenvalue weighted by molar-refractivity contribution is -0.277. The molecule has 9 N–H and O–H groups in total. The first-order valence-corrected chi connectivity index (χ1v) is 13.6. The van der Waals surface area contributed by atoms with E-state index in [0.717, 1.165) is 0 Å². The van der Waals surface area contributed by atoms with Crippen LogP contribution in [0, 0.1) is 0 Å². The highest BCUT2D eigenvalue weighted by Gasteiger charge is 2.47. The number of benzene rings is 2. The maximum Gasteiger partial charge on any atom is 0.229 e. The summed E-state index contributed by atoms with van der Waals surface area (Å²) in [5.41, 5.74) is 0.117. The van der Waals surface area contributed by atoms with Gasteiger partial charge in [-0.25, -0.2) is 0 Å². The number of hydrogen-bond acceptors (Lipinski definition) is 16. The second kappa shape index (κ2) is 13.1. The number of ketones is 1. The molecule has 0 saturated carbocycles. The fourth-order valence-corrected chi connectivity index (χ4v) is 5.17. The zero-order valence-corrected chi connectivity index (χ0v) is 23.2. The molecule has 2 aromatic carbocycles. The van der Waals surface area contributed by atoms with Crippen LogP contribution < -0.4 is 18.9 Å². The van der Waals surface area contributed by atoms with Crippen molar-refractivity contribution in [3.05, 3.63) is 47.5 Å². The summed E-state index contributed by atoms with van der Waals surface area (Å²) in [6.07, 6.45) is -18.4. The summed E-state index contributed by atoms with van der Waals surface area (Å²) in [5, 5.41) is 90.6. The first-order valence-electron chi connectivity index (χ1n) is 13.6. The SMILES string of the molecule is COc1cc(O[C@@H]2O[C@H](CO)[C@@H](O)[C@H](O)[C@H]2O)c2c(c1)O[C@H](c1ccc(O[C@H]3O[C@@H](CO)[C@H](O)[C@@H](O)[C@@H]3O)cc1)[C@@H](O)C2=O. The Kier molecular flexibility index (Phi) is 9.59. The lowest BCUT2D eigenvalue weighted by atomic mass is 9.92. The summed E-state index contributed by atoms with van der Waals surface area (Å²) < 4.78 is 33.3. The van der Waals surface area contributed by atoms with Crippen LogP contribution in [0.5, 0.6) is 23.0 Å². The molecule has 3 aliphatic heterocycles. The molecule has 0 aromatic heterocycles. The Bertz CT molecular complexity index is 1300. The molecular formula is C28H34O16. The highest BCUT2D eigenvalue weighted by molar-refractivity contribution is 6.05. The minimum atomic E-state index is -1.77. The molecule has 3 aliphatic rings. The van der Waals surface area contributed by atoms with Crippen molar-refractivity contribution in [3.63, 3.8) is 0 Å². The van der Waals surface area contributed by atoms with E-state index in [-0.39, 0.29) is 28.6 Å².